The summed E-state index contributed by atoms with van der Waals surface area (Å²) in [7, 11) is 0. The van der Waals surface area contributed by atoms with Crippen molar-refractivity contribution in [2.24, 2.45) is 0 Å². The molecule has 0 unspecified atom stereocenters. The Morgan fingerprint density at radius 2 is 2.21 bits per heavy atom. The van der Waals surface area contributed by atoms with E-state index < -0.39 is 0 Å². The smallest absolute Gasteiger partial charge is 0.116 e. The Morgan fingerprint density at radius 1 is 1.43 bits per heavy atom. The van der Waals surface area contributed by atoms with Gasteiger partial charge in [0, 0.05) is 11.1 Å². The fourth-order valence-electron chi connectivity index (χ4n) is 1.42. The molecule has 0 aromatic carbocycles. The highest BCUT2D eigenvalue weighted by Crippen LogP contribution is 2.27. The molecule has 3 heteroatoms. The molecule has 74 valence electrons. The Kier molecular flexibility index (Phi) is 2.02. The molecular formula is C11H15N3. The van der Waals surface area contributed by atoms with Crippen LogP contribution >= 0.6 is 0 Å². The predicted octanol–water partition coefficient (Wildman–Crippen LogP) is 2.65. The molecule has 2 rings (SSSR count). The number of fused-ring (bicyclic) bond motifs is 1. The van der Waals surface area contributed by atoms with E-state index in [0.717, 1.165) is 17.5 Å². The minimum absolute atomic E-state index is 0.181. The van der Waals surface area contributed by atoms with Gasteiger partial charge in [0.15, 0.2) is 0 Å². The van der Waals surface area contributed by atoms with Crippen molar-refractivity contribution in [3.05, 3.63) is 24.3 Å². The number of rotatable bonds is 2. The first kappa shape index (κ1) is 9.19. The maximum absolute atomic E-state index is 4.21. The molecule has 14 heavy (non-hydrogen) atoms. The highest BCUT2D eigenvalue weighted by Gasteiger charge is 2.20. The molecule has 0 radical (unpaired) electrons. The van der Waals surface area contributed by atoms with Crippen molar-refractivity contribution < 1.29 is 0 Å². The van der Waals surface area contributed by atoms with Gasteiger partial charge in [0.25, 0.3) is 0 Å². The summed E-state index contributed by atoms with van der Waals surface area (Å²) < 4.78 is 0. The summed E-state index contributed by atoms with van der Waals surface area (Å²) >= 11 is 0. The Morgan fingerprint density at radius 3 is 2.86 bits per heavy atom. The van der Waals surface area contributed by atoms with E-state index in [-0.39, 0.29) is 5.41 Å². The number of aromatic nitrogens is 3. The topological polar surface area (TPSA) is 41.6 Å². The van der Waals surface area contributed by atoms with Crippen LogP contribution in [-0.2, 0) is 5.41 Å². The first-order chi connectivity index (χ1) is 6.63. The summed E-state index contributed by atoms with van der Waals surface area (Å²) in [6.07, 6.45) is 4.50. The molecule has 0 spiro atoms. The van der Waals surface area contributed by atoms with Crippen LogP contribution in [0.5, 0.6) is 0 Å². The van der Waals surface area contributed by atoms with Crippen molar-refractivity contribution >= 4 is 11.0 Å². The molecule has 1 N–H and O–H groups in total. The lowest BCUT2D eigenvalue weighted by Crippen LogP contribution is -2.15. The number of aromatic amines is 1. The fourth-order valence-corrected chi connectivity index (χ4v) is 1.42. The molecular weight excluding hydrogens is 174 g/mol. The zero-order chi connectivity index (χ0) is 10.2. The van der Waals surface area contributed by atoms with Crippen LogP contribution < -0.4 is 0 Å². The summed E-state index contributed by atoms with van der Waals surface area (Å²) in [5, 5.41) is 0. The lowest BCUT2D eigenvalue weighted by atomic mass is 9.87. The molecule has 2 aromatic heterocycles. The molecule has 0 aliphatic heterocycles. The zero-order valence-electron chi connectivity index (χ0n) is 8.83. The van der Waals surface area contributed by atoms with Crippen LogP contribution in [0.3, 0.4) is 0 Å². The van der Waals surface area contributed by atoms with Crippen molar-refractivity contribution in [3.8, 4) is 0 Å². The third kappa shape index (κ3) is 1.39. The van der Waals surface area contributed by atoms with Crippen LogP contribution in [0.1, 0.15) is 32.9 Å². The zero-order valence-corrected chi connectivity index (χ0v) is 8.83. The fraction of sp³-hybridized carbons (Fsp3) is 0.455. The van der Waals surface area contributed by atoms with Gasteiger partial charge in [-0.25, -0.2) is 9.97 Å². The maximum atomic E-state index is 4.21. The number of hydrogen-bond donors (Lipinski definition) is 1. The molecule has 0 aliphatic carbocycles. The minimum Gasteiger partial charge on any atom is -0.355 e. The second kappa shape index (κ2) is 3.08. The molecule has 0 aliphatic rings. The van der Waals surface area contributed by atoms with E-state index in [4.69, 9.17) is 0 Å². The van der Waals surface area contributed by atoms with Crippen LogP contribution in [0.4, 0.5) is 0 Å². The van der Waals surface area contributed by atoms with Gasteiger partial charge >= 0.3 is 0 Å². The van der Waals surface area contributed by atoms with E-state index in [2.05, 4.69) is 41.8 Å². The van der Waals surface area contributed by atoms with Crippen molar-refractivity contribution in [2.45, 2.75) is 32.6 Å². The van der Waals surface area contributed by atoms with E-state index in [1.54, 1.807) is 6.33 Å². The molecule has 0 amide bonds. The van der Waals surface area contributed by atoms with E-state index in [1.165, 1.54) is 5.69 Å². The number of nitrogens with one attached hydrogen (secondary N) is 1. The molecule has 0 fully saturated rings. The Labute approximate surface area is 83.6 Å². The monoisotopic (exact) mass is 189 g/mol. The summed E-state index contributed by atoms with van der Waals surface area (Å²) in [6, 6.07) is 2.11. The molecule has 0 atom stereocenters. The van der Waals surface area contributed by atoms with Crippen molar-refractivity contribution in [2.75, 3.05) is 0 Å². The lowest BCUT2D eigenvalue weighted by molar-refractivity contribution is 0.494. The molecule has 2 heterocycles. The predicted molar refractivity (Wildman–Crippen MR) is 57.2 cm³/mol. The third-order valence-corrected chi connectivity index (χ3v) is 2.91. The maximum Gasteiger partial charge on any atom is 0.116 e. The summed E-state index contributed by atoms with van der Waals surface area (Å²) in [5.41, 5.74) is 3.43. The quantitative estimate of drug-likeness (QED) is 0.789. The van der Waals surface area contributed by atoms with Gasteiger partial charge in [0.05, 0.1) is 17.2 Å². The van der Waals surface area contributed by atoms with Crippen LogP contribution in [0, 0.1) is 0 Å². The van der Waals surface area contributed by atoms with Gasteiger partial charge in [-0.1, -0.05) is 20.8 Å². The number of H-pyrrole nitrogens is 1. The van der Waals surface area contributed by atoms with Crippen LogP contribution in [0.25, 0.3) is 11.0 Å². The largest absolute Gasteiger partial charge is 0.355 e. The first-order valence-electron chi connectivity index (χ1n) is 4.92. The lowest BCUT2D eigenvalue weighted by Gasteiger charge is -2.20. The summed E-state index contributed by atoms with van der Waals surface area (Å²) in [6.45, 7) is 6.65. The second-order valence-corrected chi connectivity index (χ2v) is 4.24. The van der Waals surface area contributed by atoms with Gasteiger partial charge in [0.2, 0.25) is 0 Å². The van der Waals surface area contributed by atoms with E-state index in [1.807, 2.05) is 6.20 Å². The average molecular weight is 189 g/mol. The molecule has 0 saturated heterocycles. The standard InChI is InChI=1S/C11H15N3/c1-4-11(2,3)10-5-8-9(14-10)6-12-7-13-8/h5-7,14H,4H2,1-3H3. The Balaban J connectivity index is 2.55. The number of nitrogens with zero attached hydrogens (tertiary/aromatic N) is 2. The molecule has 0 bridgehead atoms. The highest BCUT2D eigenvalue weighted by molar-refractivity contribution is 5.75. The van der Waals surface area contributed by atoms with Crippen molar-refractivity contribution in [1.29, 1.82) is 0 Å². The first-order valence-corrected chi connectivity index (χ1v) is 4.92. The van der Waals surface area contributed by atoms with Crippen LogP contribution in [0.15, 0.2) is 18.6 Å². The van der Waals surface area contributed by atoms with Gasteiger partial charge in [0.1, 0.15) is 6.33 Å². The van der Waals surface area contributed by atoms with Gasteiger partial charge < -0.3 is 4.98 Å². The van der Waals surface area contributed by atoms with Crippen LogP contribution in [-0.4, -0.2) is 15.0 Å². The van der Waals surface area contributed by atoms with E-state index >= 15 is 0 Å². The van der Waals surface area contributed by atoms with Crippen molar-refractivity contribution in [3.63, 3.8) is 0 Å². The summed E-state index contributed by atoms with van der Waals surface area (Å²) in [4.78, 5) is 11.6. The van der Waals surface area contributed by atoms with Gasteiger partial charge in [-0.3, -0.25) is 0 Å². The Hall–Kier alpha value is -1.38. The average Bonchev–Trinajstić information content (AvgIpc) is 2.61. The van der Waals surface area contributed by atoms with Crippen molar-refractivity contribution in [1.82, 2.24) is 15.0 Å². The van der Waals surface area contributed by atoms with E-state index in [0.29, 0.717) is 0 Å². The van der Waals surface area contributed by atoms with Crippen LogP contribution in [0.2, 0.25) is 0 Å². The molecule has 0 saturated carbocycles. The third-order valence-electron chi connectivity index (χ3n) is 2.91. The SMILES string of the molecule is CCC(C)(C)c1cc2ncncc2[nH]1. The molecule has 3 nitrogen and oxygen atoms in total. The van der Waals surface area contributed by atoms with Gasteiger partial charge in [-0.2, -0.15) is 0 Å². The summed E-state index contributed by atoms with van der Waals surface area (Å²) in [5.74, 6) is 0. The normalized spacial score (nSPS) is 12.2. The number of hydrogen-bond acceptors (Lipinski definition) is 2. The van der Waals surface area contributed by atoms with Gasteiger partial charge in [-0.15, -0.1) is 0 Å². The van der Waals surface area contributed by atoms with E-state index in [9.17, 15) is 0 Å². The highest BCUT2D eigenvalue weighted by atomic mass is 14.9. The second-order valence-electron chi connectivity index (χ2n) is 4.24. The molecule has 2 aromatic rings. The minimum atomic E-state index is 0.181. The Bertz CT molecular complexity index is 409. The van der Waals surface area contributed by atoms with Gasteiger partial charge in [-0.05, 0) is 12.5 Å².